The summed E-state index contributed by atoms with van der Waals surface area (Å²) in [6, 6.07) is 12.2. The van der Waals surface area contributed by atoms with Gasteiger partial charge >= 0.3 is 5.97 Å². The zero-order valence-corrected chi connectivity index (χ0v) is 16.6. The molecule has 0 aliphatic carbocycles. The highest BCUT2D eigenvalue weighted by molar-refractivity contribution is 5.74. The molecule has 29 heavy (non-hydrogen) atoms. The molecule has 0 fully saturated rings. The zero-order chi connectivity index (χ0) is 20.5. The minimum Gasteiger partial charge on any atom is -0.505 e. The van der Waals surface area contributed by atoms with Crippen molar-refractivity contribution >= 4 is 17.0 Å². The molecule has 6 heteroatoms. The van der Waals surface area contributed by atoms with E-state index in [0.29, 0.717) is 17.9 Å². The average Bonchev–Trinajstić information content (AvgIpc) is 3.14. The molecule has 3 rings (SSSR count). The predicted molar refractivity (Wildman–Crippen MR) is 113 cm³/mol. The molecule has 152 valence electrons. The molecule has 0 aliphatic rings. The van der Waals surface area contributed by atoms with Crippen LogP contribution < -0.4 is 4.74 Å². The molecule has 0 unspecified atom stereocenters. The van der Waals surface area contributed by atoms with Crippen molar-refractivity contribution in [2.45, 2.75) is 51.4 Å². The largest absolute Gasteiger partial charge is 0.505 e. The summed E-state index contributed by atoms with van der Waals surface area (Å²) in [4.78, 5) is 13.4. The van der Waals surface area contributed by atoms with E-state index >= 15 is 0 Å². The predicted octanol–water partition coefficient (Wildman–Crippen LogP) is 5.34. The van der Waals surface area contributed by atoms with Crippen LogP contribution in [-0.2, 0) is 4.79 Å². The summed E-state index contributed by atoms with van der Waals surface area (Å²) in [6.07, 6.45) is 9.96. The second kappa shape index (κ2) is 10.4. The fraction of sp³-hybridized carbons (Fsp3) is 0.348. The molecule has 0 atom stereocenters. The Bertz CT molecular complexity index is 932. The van der Waals surface area contributed by atoms with Gasteiger partial charge in [0, 0.05) is 12.5 Å². The molecule has 0 saturated carbocycles. The number of nitrogens with zero attached hydrogens (tertiary/aromatic N) is 3. The minimum atomic E-state index is -0.285. The van der Waals surface area contributed by atoms with E-state index in [1.54, 1.807) is 12.1 Å². The fourth-order valence-electron chi connectivity index (χ4n) is 3.15. The van der Waals surface area contributed by atoms with Crippen LogP contribution in [-0.4, -0.2) is 26.1 Å². The molecule has 0 radical (unpaired) electrons. The molecule has 3 aromatic rings. The van der Waals surface area contributed by atoms with Crippen LogP contribution in [0.15, 0.2) is 55.1 Å². The van der Waals surface area contributed by atoms with Gasteiger partial charge in [-0.05, 0) is 43.5 Å². The highest BCUT2D eigenvalue weighted by Gasteiger charge is 2.11. The second-order valence-electron chi connectivity index (χ2n) is 7.05. The van der Waals surface area contributed by atoms with Crippen LogP contribution in [0.5, 0.6) is 11.5 Å². The number of phenols is 1. The first-order chi connectivity index (χ1) is 14.2. The van der Waals surface area contributed by atoms with E-state index in [0.717, 1.165) is 36.7 Å². The molecule has 0 bridgehead atoms. The maximum absolute atomic E-state index is 12.0. The van der Waals surface area contributed by atoms with E-state index < -0.39 is 0 Å². The first-order valence-corrected chi connectivity index (χ1v) is 10.1. The smallest absolute Gasteiger partial charge is 0.311 e. The van der Waals surface area contributed by atoms with Gasteiger partial charge in [-0.3, -0.25) is 4.79 Å². The molecule has 1 N–H and O–H groups in total. The Morgan fingerprint density at radius 1 is 1.00 bits per heavy atom. The lowest BCUT2D eigenvalue weighted by atomic mass is 10.1. The van der Waals surface area contributed by atoms with Gasteiger partial charge in [-0.15, -0.1) is 21.6 Å². The number of unbranched alkanes of at least 4 members (excludes halogenated alkanes) is 6. The standard InChI is InChI=1S/C23H27N3O3/c1-2-3-4-5-6-7-8-9-14-23(28)29-18-15-16-21(22(27)17-18)26-24-19-12-10-11-13-20(19)25-26/h2,10-13,15-17,27H,1,3-9,14H2. The SMILES string of the molecule is C=CCCCCCCCCC(=O)Oc1ccc(-n2nc3ccccc3n2)c(O)c1. The molecular formula is C23H27N3O3. The number of benzene rings is 2. The highest BCUT2D eigenvalue weighted by Crippen LogP contribution is 2.27. The number of fused-ring (bicyclic) bond motifs is 1. The third-order valence-electron chi connectivity index (χ3n) is 4.72. The number of aromatic hydroxyl groups is 1. The number of aromatic nitrogens is 3. The Morgan fingerprint density at radius 3 is 2.31 bits per heavy atom. The van der Waals surface area contributed by atoms with Crippen LogP contribution in [0.1, 0.15) is 51.4 Å². The summed E-state index contributed by atoms with van der Waals surface area (Å²) >= 11 is 0. The Labute approximate surface area is 170 Å². The van der Waals surface area contributed by atoms with Gasteiger partial charge in [-0.2, -0.15) is 0 Å². The van der Waals surface area contributed by atoms with Gasteiger partial charge in [0.2, 0.25) is 0 Å². The molecule has 0 aliphatic heterocycles. The number of esters is 1. The first kappa shape index (κ1) is 20.6. The van der Waals surface area contributed by atoms with Gasteiger partial charge in [-0.1, -0.05) is 43.9 Å². The van der Waals surface area contributed by atoms with Gasteiger partial charge in [-0.25, -0.2) is 0 Å². The van der Waals surface area contributed by atoms with E-state index in [2.05, 4.69) is 16.8 Å². The summed E-state index contributed by atoms with van der Waals surface area (Å²) in [7, 11) is 0. The van der Waals surface area contributed by atoms with E-state index in [9.17, 15) is 9.90 Å². The summed E-state index contributed by atoms with van der Waals surface area (Å²) in [6.45, 7) is 3.72. The topological polar surface area (TPSA) is 77.2 Å². The van der Waals surface area contributed by atoms with Crippen molar-refractivity contribution in [2.24, 2.45) is 0 Å². The highest BCUT2D eigenvalue weighted by atomic mass is 16.5. The Kier molecular flexibility index (Phi) is 7.39. The number of carbonyl (C=O) groups excluding carboxylic acids is 1. The quantitative estimate of drug-likeness (QED) is 0.206. The van der Waals surface area contributed by atoms with Crippen LogP contribution in [0.3, 0.4) is 0 Å². The molecule has 0 spiro atoms. The molecule has 1 heterocycles. The first-order valence-electron chi connectivity index (χ1n) is 10.1. The van der Waals surface area contributed by atoms with Crippen molar-refractivity contribution in [3.05, 3.63) is 55.1 Å². The van der Waals surface area contributed by atoms with Crippen LogP contribution in [0.25, 0.3) is 16.7 Å². The van der Waals surface area contributed by atoms with Crippen LogP contribution in [0.4, 0.5) is 0 Å². The Morgan fingerprint density at radius 2 is 1.66 bits per heavy atom. The summed E-state index contributed by atoms with van der Waals surface area (Å²) in [5.74, 6) is -0.0146. The van der Waals surface area contributed by atoms with Gasteiger partial charge in [0.15, 0.2) is 0 Å². The van der Waals surface area contributed by atoms with Gasteiger partial charge in [0.05, 0.1) is 0 Å². The third-order valence-corrected chi connectivity index (χ3v) is 4.72. The van der Waals surface area contributed by atoms with E-state index in [1.807, 2.05) is 30.3 Å². The molecule has 1 aromatic heterocycles. The van der Waals surface area contributed by atoms with Crippen LogP contribution in [0, 0.1) is 0 Å². The van der Waals surface area contributed by atoms with Gasteiger partial charge < -0.3 is 9.84 Å². The van der Waals surface area contributed by atoms with E-state index in [4.69, 9.17) is 4.74 Å². The Hall–Kier alpha value is -3.15. The summed E-state index contributed by atoms with van der Waals surface area (Å²) in [5.41, 5.74) is 1.91. The number of rotatable bonds is 11. The molecule has 0 saturated heterocycles. The van der Waals surface area contributed by atoms with Crippen molar-refractivity contribution in [2.75, 3.05) is 0 Å². The maximum Gasteiger partial charge on any atom is 0.311 e. The lowest BCUT2D eigenvalue weighted by Crippen LogP contribution is -2.08. The Balaban J connectivity index is 1.47. The lowest BCUT2D eigenvalue weighted by Gasteiger charge is -2.07. The van der Waals surface area contributed by atoms with Crippen molar-refractivity contribution in [1.82, 2.24) is 15.0 Å². The lowest BCUT2D eigenvalue weighted by molar-refractivity contribution is -0.134. The molecular weight excluding hydrogens is 366 g/mol. The molecule has 6 nitrogen and oxygen atoms in total. The van der Waals surface area contributed by atoms with Crippen molar-refractivity contribution < 1.29 is 14.6 Å². The number of ether oxygens (including phenoxy) is 1. The zero-order valence-electron chi connectivity index (χ0n) is 16.6. The van der Waals surface area contributed by atoms with Crippen LogP contribution in [0.2, 0.25) is 0 Å². The van der Waals surface area contributed by atoms with Crippen molar-refractivity contribution in [3.8, 4) is 17.2 Å². The van der Waals surface area contributed by atoms with Gasteiger partial charge in [0.1, 0.15) is 28.2 Å². The monoisotopic (exact) mass is 393 g/mol. The minimum absolute atomic E-state index is 0.0462. The van der Waals surface area contributed by atoms with Crippen molar-refractivity contribution in [1.29, 1.82) is 0 Å². The summed E-state index contributed by atoms with van der Waals surface area (Å²) in [5, 5.41) is 19.0. The van der Waals surface area contributed by atoms with Crippen molar-refractivity contribution in [3.63, 3.8) is 0 Å². The van der Waals surface area contributed by atoms with E-state index in [-0.39, 0.29) is 11.7 Å². The fourth-order valence-corrected chi connectivity index (χ4v) is 3.15. The molecule has 2 aromatic carbocycles. The number of allylic oxidation sites excluding steroid dienone is 1. The van der Waals surface area contributed by atoms with Crippen LogP contribution >= 0.6 is 0 Å². The van der Waals surface area contributed by atoms with E-state index in [1.165, 1.54) is 30.1 Å². The second-order valence-corrected chi connectivity index (χ2v) is 7.05. The average molecular weight is 393 g/mol. The maximum atomic E-state index is 12.0. The third kappa shape index (κ3) is 5.91. The summed E-state index contributed by atoms with van der Waals surface area (Å²) < 4.78 is 5.34. The molecule has 0 amide bonds. The number of phenolic OH excluding ortho intramolecular Hbond substituents is 1. The number of hydrogen-bond donors (Lipinski definition) is 1. The normalized spacial score (nSPS) is 10.9. The van der Waals surface area contributed by atoms with Gasteiger partial charge in [0.25, 0.3) is 0 Å². The number of carbonyl (C=O) groups is 1. The number of hydrogen-bond acceptors (Lipinski definition) is 5.